The van der Waals surface area contributed by atoms with Crippen molar-refractivity contribution in [1.82, 2.24) is 14.2 Å². The van der Waals surface area contributed by atoms with Crippen molar-refractivity contribution in [3.8, 4) is 11.5 Å². The van der Waals surface area contributed by atoms with E-state index in [4.69, 9.17) is 9.47 Å². The van der Waals surface area contributed by atoms with Crippen LogP contribution in [0.15, 0.2) is 47.5 Å². The molecule has 0 spiro atoms. The maximum atomic E-state index is 13.1. The second-order valence-corrected chi connectivity index (χ2v) is 9.95. The van der Waals surface area contributed by atoms with Gasteiger partial charge in [0.25, 0.3) is 0 Å². The van der Waals surface area contributed by atoms with Crippen LogP contribution in [0.1, 0.15) is 22.8 Å². The monoisotopic (exact) mass is 471 g/mol. The minimum atomic E-state index is -3.67. The van der Waals surface area contributed by atoms with Crippen molar-refractivity contribution >= 4 is 26.7 Å². The predicted octanol–water partition coefficient (Wildman–Crippen LogP) is 2.94. The first kappa shape index (κ1) is 23.3. The molecule has 0 bridgehead atoms. The first-order chi connectivity index (χ1) is 15.9. The second-order valence-electron chi connectivity index (χ2n) is 8.02. The highest BCUT2D eigenvalue weighted by atomic mass is 32.2. The summed E-state index contributed by atoms with van der Waals surface area (Å²) in [4.78, 5) is 18.4. The molecule has 4 rings (SSSR count). The highest BCUT2D eigenvalue weighted by Gasteiger charge is 2.30. The molecule has 1 fully saturated rings. The Labute approximate surface area is 194 Å². The van der Waals surface area contributed by atoms with E-state index >= 15 is 0 Å². The lowest BCUT2D eigenvalue weighted by atomic mass is 10.0. The Morgan fingerprint density at radius 2 is 1.76 bits per heavy atom. The van der Waals surface area contributed by atoms with Crippen LogP contribution in [0.25, 0.3) is 10.9 Å². The summed E-state index contributed by atoms with van der Waals surface area (Å²) in [5.41, 5.74) is 2.87. The summed E-state index contributed by atoms with van der Waals surface area (Å²) in [6.45, 7) is 3.96. The Bertz CT molecular complexity index is 1260. The largest absolute Gasteiger partial charge is 0.493 e. The number of carbonyl (C=O) groups is 1. The number of fused-ring (bicyclic) bond motifs is 1. The SMILES string of the molecule is CCc1cccc2c(C(=O)CN3CCN(S(=O)(=O)c4ccc(OC)c(OC)c4)CC3)c[nH]c12. The minimum absolute atomic E-state index is 0.0331. The van der Waals surface area contributed by atoms with Gasteiger partial charge in [-0.3, -0.25) is 9.69 Å². The van der Waals surface area contributed by atoms with Crippen molar-refractivity contribution in [3.05, 3.63) is 53.7 Å². The molecule has 0 atom stereocenters. The van der Waals surface area contributed by atoms with E-state index in [2.05, 4.69) is 18.0 Å². The van der Waals surface area contributed by atoms with Crippen LogP contribution in [0.3, 0.4) is 0 Å². The van der Waals surface area contributed by atoms with Crippen molar-refractivity contribution < 1.29 is 22.7 Å². The van der Waals surface area contributed by atoms with E-state index in [1.165, 1.54) is 36.2 Å². The van der Waals surface area contributed by atoms with Crippen molar-refractivity contribution in [2.75, 3.05) is 46.9 Å². The number of ether oxygens (including phenoxy) is 2. The summed E-state index contributed by atoms with van der Waals surface area (Å²) in [6, 6.07) is 10.6. The van der Waals surface area contributed by atoms with E-state index in [9.17, 15) is 13.2 Å². The van der Waals surface area contributed by atoms with Crippen molar-refractivity contribution in [1.29, 1.82) is 0 Å². The molecular formula is C24H29N3O5S. The number of benzene rings is 2. The van der Waals surface area contributed by atoms with Crippen molar-refractivity contribution in [2.24, 2.45) is 0 Å². The van der Waals surface area contributed by atoms with Crippen LogP contribution < -0.4 is 9.47 Å². The molecule has 0 unspecified atom stereocenters. The van der Waals surface area contributed by atoms with Crippen LogP contribution >= 0.6 is 0 Å². The van der Waals surface area contributed by atoms with Crippen LogP contribution in [0, 0.1) is 0 Å². The molecule has 0 aliphatic carbocycles. The van der Waals surface area contributed by atoms with Gasteiger partial charge < -0.3 is 14.5 Å². The standard InChI is InChI=1S/C24H29N3O5S/c1-4-17-6-5-7-19-20(15-25-24(17)19)21(28)16-26-10-12-27(13-11-26)33(29,30)18-8-9-22(31-2)23(14-18)32-3/h5-9,14-15,25H,4,10-13,16H2,1-3H3. The van der Waals surface area contributed by atoms with Gasteiger partial charge in [-0.25, -0.2) is 8.42 Å². The van der Waals surface area contributed by atoms with Gasteiger partial charge in [0.1, 0.15) is 0 Å². The lowest BCUT2D eigenvalue weighted by Crippen LogP contribution is -2.49. The average molecular weight is 472 g/mol. The lowest BCUT2D eigenvalue weighted by molar-refractivity contribution is 0.0903. The molecule has 8 nitrogen and oxygen atoms in total. The van der Waals surface area contributed by atoms with Gasteiger partial charge in [0.15, 0.2) is 17.3 Å². The fourth-order valence-electron chi connectivity index (χ4n) is 4.28. The van der Waals surface area contributed by atoms with Gasteiger partial charge >= 0.3 is 0 Å². The molecule has 3 aromatic rings. The molecule has 1 N–H and O–H groups in total. The number of H-pyrrole nitrogens is 1. The molecule has 2 aromatic carbocycles. The molecular weight excluding hydrogens is 442 g/mol. The first-order valence-electron chi connectivity index (χ1n) is 11.0. The van der Waals surface area contributed by atoms with Gasteiger partial charge in [0.2, 0.25) is 10.0 Å². The first-order valence-corrected chi connectivity index (χ1v) is 12.4. The Morgan fingerprint density at radius 1 is 1.03 bits per heavy atom. The number of rotatable bonds is 8. The van der Waals surface area contributed by atoms with Crippen molar-refractivity contribution in [2.45, 2.75) is 18.2 Å². The number of methoxy groups -OCH3 is 2. The normalized spacial score (nSPS) is 15.6. The smallest absolute Gasteiger partial charge is 0.243 e. The second kappa shape index (κ2) is 9.54. The van der Waals surface area contributed by atoms with E-state index < -0.39 is 10.0 Å². The summed E-state index contributed by atoms with van der Waals surface area (Å²) in [7, 11) is -0.692. The van der Waals surface area contributed by atoms with Crippen LogP contribution in [-0.4, -0.2) is 75.3 Å². The van der Waals surface area contributed by atoms with Gasteiger partial charge in [-0.1, -0.05) is 25.1 Å². The van der Waals surface area contributed by atoms with E-state index in [0.29, 0.717) is 43.2 Å². The summed E-state index contributed by atoms with van der Waals surface area (Å²) >= 11 is 0. The number of carbonyl (C=O) groups excluding carboxylic acids is 1. The van der Waals surface area contributed by atoms with Gasteiger partial charge in [-0.2, -0.15) is 4.31 Å². The highest BCUT2D eigenvalue weighted by molar-refractivity contribution is 7.89. The molecule has 1 aromatic heterocycles. The number of sulfonamides is 1. The molecule has 9 heteroatoms. The highest BCUT2D eigenvalue weighted by Crippen LogP contribution is 2.31. The zero-order valence-electron chi connectivity index (χ0n) is 19.1. The number of nitrogens with one attached hydrogen (secondary N) is 1. The minimum Gasteiger partial charge on any atom is -0.493 e. The van der Waals surface area contributed by atoms with Crippen LogP contribution in [0.5, 0.6) is 11.5 Å². The lowest BCUT2D eigenvalue weighted by Gasteiger charge is -2.33. The van der Waals surface area contributed by atoms with Gasteiger partial charge in [-0.05, 0) is 24.1 Å². The van der Waals surface area contributed by atoms with Crippen LogP contribution in [0.4, 0.5) is 0 Å². The number of hydrogen-bond acceptors (Lipinski definition) is 6. The van der Waals surface area contributed by atoms with E-state index in [-0.39, 0.29) is 17.2 Å². The molecule has 33 heavy (non-hydrogen) atoms. The summed E-state index contributed by atoms with van der Waals surface area (Å²) in [5, 5.41) is 0.939. The number of hydrogen-bond donors (Lipinski definition) is 1. The third kappa shape index (κ3) is 4.48. The zero-order valence-corrected chi connectivity index (χ0v) is 19.9. The molecule has 0 amide bonds. The molecule has 1 saturated heterocycles. The number of nitrogens with zero attached hydrogens (tertiary/aromatic N) is 2. The Hall–Kier alpha value is -2.88. The fraction of sp³-hybridized carbons (Fsp3) is 0.375. The molecule has 1 aliphatic rings. The molecule has 2 heterocycles. The summed E-state index contributed by atoms with van der Waals surface area (Å²) in [6.07, 6.45) is 2.67. The molecule has 0 saturated carbocycles. The quantitative estimate of drug-likeness (QED) is 0.508. The zero-order chi connectivity index (χ0) is 23.6. The number of Topliss-reactive ketones (excluding diaryl/α,β-unsaturated/α-hetero) is 1. The molecule has 176 valence electrons. The number of aryl methyl sites for hydroxylation is 1. The number of aromatic nitrogens is 1. The number of piperazine rings is 1. The summed E-state index contributed by atoms with van der Waals surface area (Å²) in [5.74, 6) is 0.876. The van der Waals surface area contributed by atoms with E-state index in [1.54, 1.807) is 12.3 Å². The summed E-state index contributed by atoms with van der Waals surface area (Å²) < 4.78 is 38.1. The van der Waals surface area contributed by atoms with Gasteiger partial charge in [0, 0.05) is 54.9 Å². The Morgan fingerprint density at radius 3 is 2.42 bits per heavy atom. The predicted molar refractivity (Wildman–Crippen MR) is 127 cm³/mol. The topological polar surface area (TPSA) is 91.9 Å². The van der Waals surface area contributed by atoms with E-state index in [0.717, 1.165) is 17.3 Å². The maximum Gasteiger partial charge on any atom is 0.243 e. The maximum absolute atomic E-state index is 13.1. The molecule has 1 aliphatic heterocycles. The number of ketones is 1. The van der Waals surface area contributed by atoms with Gasteiger partial charge in [-0.15, -0.1) is 0 Å². The third-order valence-corrected chi connectivity index (χ3v) is 8.07. The third-order valence-electron chi connectivity index (χ3n) is 6.17. The number of para-hydroxylation sites is 1. The Balaban J connectivity index is 1.42. The number of aromatic amines is 1. The van der Waals surface area contributed by atoms with Crippen LogP contribution in [0.2, 0.25) is 0 Å². The van der Waals surface area contributed by atoms with Gasteiger partial charge in [0.05, 0.1) is 25.7 Å². The van der Waals surface area contributed by atoms with E-state index in [1.807, 2.05) is 17.0 Å². The fourth-order valence-corrected chi connectivity index (χ4v) is 5.72. The van der Waals surface area contributed by atoms with Crippen molar-refractivity contribution in [3.63, 3.8) is 0 Å². The molecule has 0 radical (unpaired) electrons. The van der Waals surface area contributed by atoms with Crippen LogP contribution in [-0.2, 0) is 16.4 Å². The average Bonchev–Trinajstić information content (AvgIpc) is 3.28. The Kier molecular flexibility index (Phi) is 6.73.